The third kappa shape index (κ3) is 32.9. The van der Waals surface area contributed by atoms with Crippen LogP contribution in [-0.2, 0) is 0 Å². The molecule has 0 saturated heterocycles. The van der Waals surface area contributed by atoms with Crippen LogP contribution in [0.2, 0.25) is 0 Å². The molecule has 0 bridgehead atoms. The summed E-state index contributed by atoms with van der Waals surface area (Å²) in [4.78, 5) is 18.7. The van der Waals surface area contributed by atoms with E-state index in [4.69, 9.17) is 0 Å². The number of pyridine rings is 3. The molecule has 0 aliphatic carbocycles. The van der Waals surface area contributed by atoms with Crippen LogP contribution in [0.15, 0.2) is 139 Å². The molecule has 0 aliphatic rings. The molecule has 5 aromatic heterocycles. The highest BCUT2D eigenvalue weighted by Crippen LogP contribution is 1.91. The van der Waals surface area contributed by atoms with Crippen LogP contribution in [0.1, 0.15) is 37.1 Å². The number of nitrogens with zero attached hydrogens (tertiary/aromatic N) is 5. The summed E-state index contributed by atoms with van der Waals surface area (Å²) in [5, 5.41) is 4.08. The van der Waals surface area contributed by atoms with Crippen molar-refractivity contribution in [1.82, 2.24) is 24.9 Å². The fraction of sp³-hybridized carbons (Fsp3) is 0.179. The van der Waals surface area contributed by atoms with Crippen molar-refractivity contribution in [2.24, 2.45) is 0 Å². The van der Waals surface area contributed by atoms with Crippen LogP contribution in [0.5, 0.6) is 0 Å². The van der Waals surface area contributed by atoms with Crippen LogP contribution in [0, 0.1) is 0 Å². The van der Waals surface area contributed by atoms with Crippen LogP contribution in [0.25, 0.3) is 0 Å². The van der Waals surface area contributed by atoms with Crippen molar-refractivity contribution in [2.75, 3.05) is 0 Å². The van der Waals surface area contributed by atoms with Gasteiger partial charge in [0.2, 0.25) is 0 Å². The monoisotopic (exact) mass is 481 g/mol. The van der Waals surface area contributed by atoms with Crippen molar-refractivity contribution in [3.05, 3.63) is 139 Å². The van der Waals surface area contributed by atoms with Gasteiger partial charge in [-0.25, -0.2) is 9.97 Å². The van der Waals surface area contributed by atoms with Gasteiger partial charge in [-0.1, -0.05) is 67.5 Å². The smallest absolute Gasteiger partial charge is 0.115 e. The van der Waals surface area contributed by atoms with E-state index in [1.807, 2.05) is 77.5 Å². The Morgan fingerprint density at radius 3 is 0.676 bits per heavy atom. The van der Waals surface area contributed by atoms with Crippen molar-refractivity contribution in [3.63, 3.8) is 0 Å². The maximum Gasteiger partial charge on any atom is 0.115 e. The quantitative estimate of drug-likeness (QED) is 0.221. The van der Waals surface area contributed by atoms with Crippen LogP contribution in [-0.4, -0.2) is 24.9 Å². The second-order valence-electron chi connectivity index (χ2n) is 4.77. The molecule has 0 N–H and O–H groups in total. The van der Waals surface area contributed by atoms with E-state index in [-0.39, 0.29) is 37.1 Å². The lowest BCUT2D eigenvalue weighted by atomic mass is 10.5. The molecule has 0 fully saturated rings. The van der Waals surface area contributed by atoms with E-state index in [0.29, 0.717) is 0 Å². The molecule has 6 heteroatoms. The van der Waals surface area contributed by atoms with Crippen molar-refractivity contribution in [1.29, 1.82) is 0 Å². The average molecular weight is 482 g/mol. The molecule has 0 unspecified atom stereocenters. The van der Waals surface area contributed by atoms with Crippen molar-refractivity contribution >= 4 is 11.3 Å². The molecular formula is C28H43N5S. The third-order valence-electron chi connectivity index (χ3n) is 2.60. The first kappa shape index (κ1) is 40.6. The molecule has 5 aromatic rings. The summed E-state index contributed by atoms with van der Waals surface area (Å²) in [5.41, 5.74) is 0. The van der Waals surface area contributed by atoms with Crippen LogP contribution in [0.4, 0.5) is 0 Å². The summed E-state index contributed by atoms with van der Waals surface area (Å²) in [7, 11) is 0. The van der Waals surface area contributed by atoms with Gasteiger partial charge >= 0.3 is 0 Å². The van der Waals surface area contributed by atoms with Gasteiger partial charge in [0, 0.05) is 49.6 Å². The molecular weight excluding hydrogens is 438 g/mol. The van der Waals surface area contributed by atoms with Gasteiger partial charge in [0.05, 0.1) is 0 Å². The second-order valence-corrected chi connectivity index (χ2v) is 5.59. The highest BCUT2D eigenvalue weighted by molar-refractivity contribution is 7.07. The van der Waals surface area contributed by atoms with Crippen LogP contribution >= 0.6 is 11.3 Å². The van der Waals surface area contributed by atoms with E-state index >= 15 is 0 Å². The molecule has 0 spiro atoms. The molecule has 5 nitrogen and oxygen atoms in total. The molecule has 0 amide bonds. The lowest BCUT2D eigenvalue weighted by Crippen LogP contribution is -1.66. The zero-order chi connectivity index (χ0) is 20.5. The second kappa shape index (κ2) is 36.6. The van der Waals surface area contributed by atoms with Gasteiger partial charge in [0.15, 0.2) is 0 Å². The zero-order valence-electron chi connectivity index (χ0n) is 15.9. The van der Waals surface area contributed by atoms with Gasteiger partial charge in [0.25, 0.3) is 0 Å². The summed E-state index contributed by atoms with van der Waals surface area (Å²) < 4.78 is 0. The Balaban J connectivity index is -0.0000000995. The molecule has 5 heterocycles. The summed E-state index contributed by atoms with van der Waals surface area (Å²) in [6, 6.07) is 23.0. The van der Waals surface area contributed by atoms with E-state index in [2.05, 4.69) is 24.9 Å². The Labute approximate surface area is 212 Å². The van der Waals surface area contributed by atoms with E-state index in [1.54, 1.807) is 67.0 Å². The number of hydrogen-bond donors (Lipinski definition) is 0. The normalized spacial score (nSPS) is 6.82. The van der Waals surface area contributed by atoms with Crippen LogP contribution in [0.3, 0.4) is 0 Å². The molecule has 0 aromatic carbocycles. The largest absolute Gasteiger partial charge is 0.265 e. The number of thiophene rings is 1. The van der Waals surface area contributed by atoms with Crippen molar-refractivity contribution < 1.29 is 0 Å². The first-order chi connectivity index (χ1) is 14.5. The summed E-state index contributed by atoms with van der Waals surface area (Å²) in [5.74, 6) is 0. The molecule has 0 atom stereocenters. The fourth-order valence-electron chi connectivity index (χ4n) is 1.42. The summed E-state index contributed by atoms with van der Waals surface area (Å²) >= 11 is 1.71. The number of hydrogen-bond acceptors (Lipinski definition) is 6. The SMILES string of the molecule is C.C.C.C.C.c1ccncc1.c1ccncc1.c1ccncc1.c1ccsc1.c1cncnc1. The highest BCUT2D eigenvalue weighted by atomic mass is 32.1. The Hall–Kier alpha value is -3.77. The Morgan fingerprint density at radius 1 is 0.294 bits per heavy atom. The molecule has 34 heavy (non-hydrogen) atoms. The first-order valence-corrected chi connectivity index (χ1v) is 9.66. The topological polar surface area (TPSA) is 64.5 Å². The maximum absolute atomic E-state index is 3.78. The maximum atomic E-state index is 3.78. The Kier molecular flexibility index (Phi) is 43.7. The average Bonchev–Trinajstić information content (AvgIpc) is 3.45. The minimum absolute atomic E-state index is 0. The van der Waals surface area contributed by atoms with Gasteiger partial charge < -0.3 is 0 Å². The predicted molar refractivity (Wildman–Crippen MR) is 153 cm³/mol. The van der Waals surface area contributed by atoms with Gasteiger partial charge in [-0.05, 0) is 53.2 Å². The van der Waals surface area contributed by atoms with Crippen molar-refractivity contribution in [3.8, 4) is 0 Å². The zero-order valence-corrected chi connectivity index (χ0v) is 16.7. The van der Waals surface area contributed by atoms with E-state index < -0.39 is 0 Å². The summed E-state index contributed by atoms with van der Waals surface area (Å²) in [6.07, 6.45) is 15.4. The van der Waals surface area contributed by atoms with Gasteiger partial charge in [-0.3, -0.25) is 15.0 Å². The predicted octanol–water partition coefficient (Wildman–Crippen LogP) is 8.65. The highest BCUT2D eigenvalue weighted by Gasteiger charge is 1.61. The molecule has 5 rings (SSSR count). The van der Waals surface area contributed by atoms with E-state index in [1.165, 1.54) is 6.33 Å². The van der Waals surface area contributed by atoms with Gasteiger partial charge in [-0.2, -0.15) is 11.3 Å². The van der Waals surface area contributed by atoms with Gasteiger partial charge in [0.1, 0.15) is 6.33 Å². The fourth-order valence-corrected chi connectivity index (χ4v) is 1.87. The van der Waals surface area contributed by atoms with E-state index in [0.717, 1.165) is 0 Å². The number of rotatable bonds is 0. The van der Waals surface area contributed by atoms with Crippen molar-refractivity contribution in [2.45, 2.75) is 37.1 Å². The van der Waals surface area contributed by atoms with Crippen LogP contribution < -0.4 is 0 Å². The molecule has 0 saturated carbocycles. The number of aromatic nitrogens is 5. The minimum Gasteiger partial charge on any atom is -0.265 e. The van der Waals surface area contributed by atoms with E-state index in [9.17, 15) is 0 Å². The molecule has 186 valence electrons. The minimum atomic E-state index is 0. The Bertz CT molecular complexity index is 598. The lowest BCUT2D eigenvalue weighted by molar-refractivity contribution is 1.17. The third-order valence-corrected chi connectivity index (χ3v) is 3.23. The van der Waals surface area contributed by atoms with Gasteiger partial charge in [-0.15, -0.1) is 0 Å². The lowest BCUT2D eigenvalue weighted by Gasteiger charge is -1.70. The molecule has 0 aliphatic heterocycles. The first-order valence-electron chi connectivity index (χ1n) is 8.72. The molecule has 0 radical (unpaired) electrons. The summed E-state index contributed by atoms with van der Waals surface area (Å²) in [6.45, 7) is 0. The standard InChI is InChI=1S/3C5H5N.C4H4N2.C4H4S.5CH4/c3*1-2-4-6-5-3-1;1-2-5-4-6-3-1;1-2-4-5-3-1;;;;;/h3*1-5H;1-4H;1-4H;5*1H4. The Morgan fingerprint density at radius 2 is 0.588 bits per heavy atom.